The second kappa shape index (κ2) is 10.2. The van der Waals surface area contributed by atoms with Gasteiger partial charge in [0.15, 0.2) is 5.96 Å². The summed E-state index contributed by atoms with van der Waals surface area (Å²) in [6.45, 7) is 6.88. The zero-order valence-corrected chi connectivity index (χ0v) is 17.1. The first-order valence-electron chi connectivity index (χ1n) is 9.72. The lowest BCUT2D eigenvalue weighted by Gasteiger charge is -2.19. The van der Waals surface area contributed by atoms with E-state index < -0.39 is 0 Å². The molecule has 3 rings (SSSR count). The van der Waals surface area contributed by atoms with Crippen molar-refractivity contribution in [3.8, 4) is 5.75 Å². The van der Waals surface area contributed by atoms with Crippen LogP contribution in [0.4, 0.5) is 5.69 Å². The average Bonchev–Trinajstić information content (AvgIpc) is 3.38. The Labute approximate surface area is 166 Å². The summed E-state index contributed by atoms with van der Waals surface area (Å²) < 4.78 is 5.35. The van der Waals surface area contributed by atoms with Crippen LogP contribution in [0, 0.1) is 5.92 Å². The molecule has 0 spiro atoms. The predicted octanol–water partition coefficient (Wildman–Crippen LogP) is 3.38. The second-order valence-corrected chi connectivity index (χ2v) is 7.81. The number of hydrogen-bond acceptors (Lipinski definition) is 4. The summed E-state index contributed by atoms with van der Waals surface area (Å²) in [5.41, 5.74) is 1.24. The monoisotopic (exact) mass is 386 g/mol. The Balaban J connectivity index is 1.48. The van der Waals surface area contributed by atoms with Gasteiger partial charge >= 0.3 is 0 Å². The smallest absolute Gasteiger partial charge is 0.191 e. The molecule has 2 heterocycles. The molecule has 0 amide bonds. The van der Waals surface area contributed by atoms with E-state index >= 15 is 0 Å². The molecule has 1 aliphatic rings. The summed E-state index contributed by atoms with van der Waals surface area (Å²) in [5.74, 6) is 2.43. The SMILES string of the molecule is CCNC(=NCC1CCN(c2cccc(OC)c2)C1)NCCc1cccs1. The van der Waals surface area contributed by atoms with Crippen LogP contribution >= 0.6 is 11.3 Å². The van der Waals surface area contributed by atoms with Crippen LogP contribution in [0.5, 0.6) is 5.75 Å². The van der Waals surface area contributed by atoms with Crippen molar-refractivity contribution in [3.05, 3.63) is 46.7 Å². The second-order valence-electron chi connectivity index (χ2n) is 6.78. The maximum Gasteiger partial charge on any atom is 0.191 e. The molecule has 0 radical (unpaired) electrons. The number of thiophene rings is 1. The van der Waals surface area contributed by atoms with Gasteiger partial charge in [0.05, 0.1) is 7.11 Å². The fourth-order valence-corrected chi connectivity index (χ4v) is 4.05. The van der Waals surface area contributed by atoms with Gasteiger partial charge in [-0.25, -0.2) is 0 Å². The summed E-state index contributed by atoms with van der Waals surface area (Å²) in [6, 6.07) is 12.6. The molecule has 1 saturated heterocycles. The Bertz CT molecular complexity index is 717. The molecule has 1 atom stereocenters. The number of aliphatic imine (C=N–C) groups is 1. The molecule has 146 valence electrons. The van der Waals surface area contributed by atoms with Crippen molar-refractivity contribution in [2.24, 2.45) is 10.9 Å². The van der Waals surface area contributed by atoms with Gasteiger partial charge in [-0.3, -0.25) is 4.99 Å². The molecule has 1 aromatic carbocycles. The number of rotatable bonds is 8. The molecule has 0 saturated carbocycles. The first-order valence-corrected chi connectivity index (χ1v) is 10.6. The van der Waals surface area contributed by atoms with Crippen LogP contribution in [0.1, 0.15) is 18.2 Å². The first kappa shape index (κ1) is 19.5. The molecular weight excluding hydrogens is 356 g/mol. The van der Waals surface area contributed by atoms with E-state index in [0.29, 0.717) is 5.92 Å². The Kier molecular flexibility index (Phi) is 7.39. The van der Waals surface area contributed by atoms with Gasteiger partial charge in [-0.2, -0.15) is 0 Å². The number of guanidine groups is 1. The van der Waals surface area contributed by atoms with Crippen molar-refractivity contribution in [2.45, 2.75) is 19.8 Å². The zero-order valence-electron chi connectivity index (χ0n) is 16.3. The highest BCUT2D eigenvalue weighted by atomic mass is 32.1. The lowest BCUT2D eigenvalue weighted by Crippen LogP contribution is -2.38. The number of methoxy groups -OCH3 is 1. The third-order valence-corrected chi connectivity index (χ3v) is 5.74. The minimum atomic E-state index is 0.587. The van der Waals surface area contributed by atoms with Crippen molar-refractivity contribution in [3.63, 3.8) is 0 Å². The molecule has 6 heteroatoms. The zero-order chi connectivity index (χ0) is 18.9. The number of anilines is 1. The summed E-state index contributed by atoms with van der Waals surface area (Å²) in [5, 5.41) is 8.94. The quantitative estimate of drug-likeness (QED) is 0.539. The summed E-state index contributed by atoms with van der Waals surface area (Å²) in [7, 11) is 1.72. The first-order chi connectivity index (χ1) is 13.3. The van der Waals surface area contributed by atoms with Crippen LogP contribution in [0.2, 0.25) is 0 Å². The molecule has 2 aromatic rings. The van der Waals surface area contributed by atoms with E-state index in [1.54, 1.807) is 7.11 Å². The highest BCUT2D eigenvalue weighted by molar-refractivity contribution is 7.09. The highest BCUT2D eigenvalue weighted by Gasteiger charge is 2.22. The molecule has 0 aliphatic carbocycles. The lowest BCUT2D eigenvalue weighted by atomic mass is 10.1. The number of nitrogens with one attached hydrogen (secondary N) is 2. The molecule has 27 heavy (non-hydrogen) atoms. The molecular formula is C21H30N4OS. The topological polar surface area (TPSA) is 48.9 Å². The fourth-order valence-electron chi connectivity index (χ4n) is 3.34. The van der Waals surface area contributed by atoms with E-state index in [-0.39, 0.29) is 0 Å². The molecule has 2 N–H and O–H groups in total. The third-order valence-electron chi connectivity index (χ3n) is 4.80. The molecule has 1 aliphatic heterocycles. The summed E-state index contributed by atoms with van der Waals surface area (Å²) >= 11 is 1.81. The van der Waals surface area contributed by atoms with Gasteiger partial charge in [0.1, 0.15) is 5.75 Å². The van der Waals surface area contributed by atoms with Crippen LogP contribution in [0.15, 0.2) is 46.8 Å². The van der Waals surface area contributed by atoms with E-state index in [0.717, 1.165) is 50.9 Å². The van der Waals surface area contributed by atoms with E-state index in [1.165, 1.54) is 17.0 Å². The Hall–Kier alpha value is -2.21. The van der Waals surface area contributed by atoms with Crippen LogP contribution in [0.25, 0.3) is 0 Å². The van der Waals surface area contributed by atoms with Crippen molar-refractivity contribution in [1.29, 1.82) is 0 Å². The van der Waals surface area contributed by atoms with Gasteiger partial charge in [0.25, 0.3) is 0 Å². The third kappa shape index (κ3) is 5.89. The van der Waals surface area contributed by atoms with Gasteiger partial charge in [-0.1, -0.05) is 12.1 Å². The normalized spacial score (nSPS) is 17.2. The molecule has 5 nitrogen and oxygen atoms in total. The van der Waals surface area contributed by atoms with Gasteiger partial charge in [-0.15, -0.1) is 11.3 Å². The number of nitrogens with zero attached hydrogens (tertiary/aromatic N) is 2. The van der Waals surface area contributed by atoms with Crippen LogP contribution < -0.4 is 20.3 Å². The highest BCUT2D eigenvalue weighted by Crippen LogP contribution is 2.26. The molecule has 0 bridgehead atoms. The number of ether oxygens (including phenoxy) is 1. The largest absolute Gasteiger partial charge is 0.497 e. The van der Waals surface area contributed by atoms with Crippen LogP contribution in [-0.2, 0) is 6.42 Å². The van der Waals surface area contributed by atoms with E-state index in [4.69, 9.17) is 9.73 Å². The Morgan fingerprint density at radius 3 is 3.00 bits per heavy atom. The van der Waals surface area contributed by atoms with E-state index in [2.05, 4.69) is 58.2 Å². The van der Waals surface area contributed by atoms with Crippen molar-refractivity contribution in [2.75, 3.05) is 44.7 Å². The lowest BCUT2D eigenvalue weighted by molar-refractivity contribution is 0.415. The number of benzene rings is 1. The van der Waals surface area contributed by atoms with E-state index in [1.807, 2.05) is 17.4 Å². The standard InChI is InChI=1S/C21H30N4OS/c1-3-22-21(23-11-9-20-8-5-13-27-20)24-15-17-10-12-25(16-17)18-6-4-7-19(14-18)26-2/h4-8,13-14,17H,3,9-12,15-16H2,1-2H3,(H2,22,23,24). The van der Waals surface area contributed by atoms with Crippen molar-refractivity contribution in [1.82, 2.24) is 10.6 Å². The molecule has 1 unspecified atom stereocenters. The van der Waals surface area contributed by atoms with Gasteiger partial charge in [0.2, 0.25) is 0 Å². The van der Waals surface area contributed by atoms with Gasteiger partial charge in [0, 0.05) is 49.4 Å². The van der Waals surface area contributed by atoms with E-state index in [9.17, 15) is 0 Å². The summed E-state index contributed by atoms with van der Waals surface area (Å²) in [6.07, 6.45) is 2.21. The van der Waals surface area contributed by atoms with Crippen LogP contribution in [0.3, 0.4) is 0 Å². The van der Waals surface area contributed by atoms with Gasteiger partial charge < -0.3 is 20.3 Å². The predicted molar refractivity (Wildman–Crippen MR) is 115 cm³/mol. The molecule has 1 aromatic heterocycles. The summed E-state index contributed by atoms with van der Waals surface area (Å²) in [4.78, 5) is 8.66. The van der Waals surface area contributed by atoms with Crippen LogP contribution in [-0.4, -0.2) is 45.8 Å². The maximum atomic E-state index is 5.35. The Morgan fingerprint density at radius 1 is 1.30 bits per heavy atom. The Morgan fingerprint density at radius 2 is 2.22 bits per heavy atom. The minimum Gasteiger partial charge on any atom is -0.497 e. The van der Waals surface area contributed by atoms with Crippen molar-refractivity contribution >= 4 is 23.0 Å². The fraction of sp³-hybridized carbons (Fsp3) is 0.476. The molecule has 1 fully saturated rings. The minimum absolute atomic E-state index is 0.587. The van der Waals surface area contributed by atoms with Crippen molar-refractivity contribution < 1.29 is 4.74 Å². The maximum absolute atomic E-state index is 5.35. The number of hydrogen-bond donors (Lipinski definition) is 2. The van der Waals surface area contributed by atoms with Gasteiger partial charge in [-0.05, 0) is 49.3 Å². The average molecular weight is 387 g/mol.